The van der Waals surface area contributed by atoms with Crippen LogP contribution < -0.4 is 0 Å². The van der Waals surface area contributed by atoms with Gasteiger partial charge >= 0.3 is 5.97 Å². The molecule has 0 saturated carbocycles. The second-order valence-electron chi connectivity index (χ2n) is 3.71. The molecule has 1 heterocycles. The fourth-order valence-corrected chi connectivity index (χ4v) is 1.86. The van der Waals surface area contributed by atoms with Crippen LogP contribution in [0.2, 0.25) is 0 Å². The molecule has 6 heteroatoms. The smallest absolute Gasteiger partial charge is 0.303 e. The van der Waals surface area contributed by atoms with Gasteiger partial charge in [0.25, 0.3) is 0 Å². The Bertz CT molecular complexity index is 243. The zero-order valence-corrected chi connectivity index (χ0v) is 9.88. The maximum Gasteiger partial charge on any atom is 0.303 e. The Kier molecular flexibility index (Phi) is 4.67. The van der Waals surface area contributed by atoms with E-state index in [0.717, 1.165) is 0 Å². The van der Waals surface area contributed by atoms with E-state index >= 15 is 0 Å². The molecule has 0 spiro atoms. The zero-order chi connectivity index (χ0) is 12.3. The fraction of sp³-hybridized carbons (Fsp3) is 0.900. The predicted molar refractivity (Wildman–Crippen MR) is 53.7 cm³/mol. The Morgan fingerprint density at radius 2 is 1.75 bits per heavy atom. The molecule has 1 aliphatic rings. The average molecular weight is 234 g/mol. The Labute approximate surface area is 94.4 Å². The van der Waals surface area contributed by atoms with Gasteiger partial charge in [0.1, 0.15) is 12.2 Å². The van der Waals surface area contributed by atoms with E-state index in [1.807, 2.05) is 0 Å². The third-order valence-electron chi connectivity index (χ3n) is 2.59. The summed E-state index contributed by atoms with van der Waals surface area (Å²) in [6.07, 6.45) is -3.35. The lowest BCUT2D eigenvalue weighted by atomic mass is 9.99. The Morgan fingerprint density at radius 3 is 2.19 bits per heavy atom. The van der Waals surface area contributed by atoms with Crippen molar-refractivity contribution in [3.63, 3.8) is 0 Å². The maximum absolute atomic E-state index is 11.0. The van der Waals surface area contributed by atoms with Crippen LogP contribution >= 0.6 is 0 Å². The van der Waals surface area contributed by atoms with Gasteiger partial charge in [-0.3, -0.25) is 4.79 Å². The van der Waals surface area contributed by atoms with Gasteiger partial charge in [0.2, 0.25) is 0 Å². The predicted octanol–water partition coefficient (Wildman–Crippen LogP) is -0.315. The molecule has 0 radical (unpaired) electrons. The van der Waals surface area contributed by atoms with Crippen LogP contribution in [0.15, 0.2) is 0 Å². The minimum atomic E-state index is -1.09. The minimum absolute atomic E-state index is 0.422. The third-order valence-corrected chi connectivity index (χ3v) is 2.59. The lowest BCUT2D eigenvalue weighted by Crippen LogP contribution is -2.59. The van der Waals surface area contributed by atoms with E-state index in [9.17, 15) is 9.90 Å². The van der Waals surface area contributed by atoms with Gasteiger partial charge in [-0.2, -0.15) is 0 Å². The zero-order valence-electron chi connectivity index (χ0n) is 9.88. The number of aliphatic hydroxyl groups excluding tert-OH is 1. The van der Waals surface area contributed by atoms with Crippen molar-refractivity contribution >= 4 is 5.97 Å². The summed E-state index contributed by atoms with van der Waals surface area (Å²) in [6, 6.07) is 0. The van der Waals surface area contributed by atoms with Gasteiger partial charge in [-0.1, -0.05) is 0 Å². The number of carbonyl (C=O) groups is 1. The van der Waals surface area contributed by atoms with Crippen molar-refractivity contribution in [1.82, 2.24) is 0 Å². The van der Waals surface area contributed by atoms with Crippen molar-refractivity contribution in [3.05, 3.63) is 0 Å². The Hall–Kier alpha value is -0.690. The largest absolute Gasteiger partial charge is 0.457 e. The van der Waals surface area contributed by atoms with Crippen LogP contribution in [0, 0.1) is 0 Å². The van der Waals surface area contributed by atoms with Gasteiger partial charge in [-0.25, -0.2) is 0 Å². The van der Waals surface area contributed by atoms with Gasteiger partial charge in [-0.15, -0.1) is 0 Å². The molecule has 1 N–H and O–H groups in total. The lowest BCUT2D eigenvalue weighted by Gasteiger charge is -2.41. The molecule has 0 aromatic heterocycles. The number of carbonyl (C=O) groups excluding carboxylic acids is 1. The molecule has 16 heavy (non-hydrogen) atoms. The van der Waals surface area contributed by atoms with Crippen LogP contribution in [0.5, 0.6) is 0 Å². The first-order valence-corrected chi connectivity index (χ1v) is 5.07. The summed E-state index contributed by atoms with van der Waals surface area (Å²) in [6.45, 7) is 3.01. The van der Waals surface area contributed by atoms with Crippen molar-refractivity contribution < 1.29 is 28.8 Å². The van der Waals surface area contributed by atoms with Crippen LogP contribution in [0.1, 0.15) is 13.8 Å². The van der Waals surface area contributed by atoms with Crippen molar-refractivity contribution in [1.29, 1.82) is 0 Å². The van der Waals surface area contributed by atoms with E-state index in [1.54, 1.807) is 6.92 Å². The second kappa shape index (κ2) is 5.58. The van der Waals surface area contributed by atoms with Crippen LogP contribution in [0.25, 0.3) is 0 Å². The molecule has 1 rings (SSSR count). The highest BCUT2D eigenvalue weighted by molar-refractivity contribution is 5.66. The topological polar surface area (TPSA) is 74.2 Å². The summed E-state index contributed by atoms with van der Waals surface area (Å²) >= 11 is 0. The highest BCUT2D eigenvalue weighted by atomic mass is 16.7. The van der Waals surface area contributed by atoms with Gasteiger partial charge in [0.15, 0.2) is 12.4 Å². The molecular formula is C10H18O6. The number of rotatable bonds is 3. The van der Waals surface area contributed by atoms with E-state index < -0.39 is 36.7 Å². The first-order chi connectivity index (χ1) is 7.51. The quantitative estimate of drug-likeness (QED) is 0.675. The van der Waals surface area contributed by atoms with E-state index in [1.165, 1.54) is 21.1 Å². The molecule has 1 aliphatic heterocycles. The minimum Gasteiger partial charge on any atom is -0.457 e. The lowest BCUT2D eigenvalue weighted by molar-refractivity contribution is -0.290. The number of ether oxygens (including phenoxy) is 4. The van der Waals surface area contributed by atoms with E-state index in [-0.39, 0.29) is 0 Å². The van der Waals surface area contributed by atoms with Crippen LogP contribution in [-0.4, -0.2) is 56.0 Å². The molecule has 0 amide bonds. The molecule has 6 nitrogen and oxygen atoms in total. The van der Waals surface area contributed by atoms with Gasteiger partial charge in [-0.05, 0) is 6.92 Å². The molecular weight excluding hydrogens is 216 g/mol. The van der Waals surface area contributed by atoms with Crippen LogP contribution in [0.4, 0.5) is 0 Å². The highest BCUT2D eigenvalue weighted by Crippen LogP contribution is 2.26. The molecule has 0 bridgehead atoms. The number of methoxy groups -OCH3 is 2. The molecule has 1 saturated heterocycles. The molecule has 0 aromatic carbocycles. The standard InChI is InChI=1S/C10H18O6/c1-5-7(16-6(2)11)8(13-3)9(14-4)10(12)15-5/h5,7-10,12H,1-4H3/t5-,7-,8+,9+,10+/m1/s1. The summed E-state index contributed by atoms with van der Waals surface area (Å²) in [5.74, 6) is -0.422. The van der Waals surface area contributed by atoms with Crippen molar-refractivity contribution in [3.8, 4) is 0 Å². The van der Waals surface area contributed by atoms with E-state index in [2.05, 4.69) is 0 Å². The average Bonchev–Trinajstić information content (AvgIpc) is 2.20. The Balaban J connectivity index is 2.82. The van der Waals surface area contributed by atoms with E-state index in [4.69, 9.17) is 18.9 Å². The SMILES string of the molecule is CO[C@H]1[C@H](OC(C)=O)[C@@H](C)O[C@H](O)[C@H]1OC. The molecule has 0 aliphatic carbocycles. The second-order valence-corrected chi connectivity index (χ2v) is 3.71. The van der Waals surface area contributed by atoms with Crippen molar-refractivity contribution in [2.24, 2.45) is 0 Å². The summed E-state index contributed by atoms with van der Waals surface area (Å²) in [5, 5.41) is 9.63. The normalized spacial score (nSPS) is 39.4. The number of esters is 1. The summed E-state index contributed by atoms with van der Waals surface area (Å²) in [7, 11) is 2.90. The summed E-state index contributed by atoms with van der Waals surface area (Å²) in [5.41, 5.74) is 0. The molecule has 0 unspecified atom stereocenters. The Morgan fingerprint density at radius 1 is 1.19 bits per heavy atom. The molecule has 0 aromatic rings. The first-order valence-electron chi connectivity index (χ1n) is 5.07. The number of aliphatic hydroxyl groups is 1. The third kappa shape index (κ3) is 2.70. The summed E-state index contributed by atoms with van der Waals surface area (Å²) < 4.78 is 20.6. The van der Waals surface area contributed by atoms with Crippen molar-refractivity contribution in [2.75, 3.05) is 14.2 Å². The monoisotopic (exact) mass is 234 g/mol. The number of hydrogen-bond acceptors (Lipinski definition) is 6. The van der Waals surface area contributed by atoms with Gasteiger partial charge in [0, 0.05) is 21.1 Å². The highest BCUT2D eigenvalue weighted by Gasteiger charge is 2.46. The van der Waals surface area contributed by atoms with Gasteiger partial charge in [0.05, 0.1) is 6.10 Å². The van der Waals surface area contributed by atoms with Crippen LogP contribution in [0.3, 0.4) is 0 Å². The molecule has 94 valence electrons. The van der Waals surface area contributed by atoms with Crippen molar-refractivity contribution in [2.45, 2.75) is 44.6 Å². The van der Waals surface area contributed by atoms with Gasteiger partial charge < -0.3 is 24.1 Å². The maximum atomic E-state index is 11.0. The number of hydrogen-bond donors (Lipinski definition) is 1. The van der Waals surface area contributed by atoms with Crippen LogP contribution in [-0.2, 0) is 23.7 Å². The summed E-state index contributed by atoms with van der Waals surface area (Å²) in [4.78, 5) is 11.0. The molecule has 5 atom stereocenters. The first kappa shape index (κ1) is 13.4. The fourth-order valence-electron chi connectivity index (χ4n) is 1.86. The molecule has 1 fully saturated rings. The van der Waals surface area contributed by atoms with E-state index in [0.29, 0.717) is 0 Å².